The van der Waals surface area contributed by atoms with Crippen LogP contribution in [0.3, 0.4) is 0 Å². The van der Waals surface area contributed by atoms with E-state index in [1.807, 2.05) is 18.2 Å². The van der Waals surface area contributed by atoms with Crippen LogP contribution in [-0.2, 0) is 9.31 Å². The van der Waals surface area contributed by atoms with Gasteiger partial charge in [-0.3, -0.25) is 0 Å². The lowest BCUT2D eigenvalue weighted by Gasteiger charge is -2.32. The van der Waals surface area contributed by atoms with Gasteiger partial charge in [-0.05, 0) is 73.6 Å². The Morgan fingerprint density at radius 3 is 2.00 bits per heavy atom. The average molecular weight is 446 g/mol. The SMILES string of the molecule is CC1(C)OB(c2cccc(-c3cccc(-c4cccc5oc6ccccc6c45)c3)c2)OC1(C)C. The molecule has 0 saturated carbocycles. The van der Waals surface area contributed by atoms with E-state index in [0.29, 0.717) is 0 Å². The van der Waals surface area contributed by atoms with Gasteiger partial charge in [0, 0.05) is 10.8 Å². The molecule has 0 N–H and O–H groups in total. The molecule has 0 spiro atoms. The van der Waals surface area contributed by atoms with Crippen LogP contribution in [0.5, 0.6) is 0 Å². The van der Waals surface area contributed by atoms with E-state index >= 15 is 0 Å². The Hall–Kier alpha value is -3.34. The van der Waals surface area contributed by atoms with E-state index < -0.39 is 0 Å². The maximum absolute atomic E-state index is 6.28. The van der Waals surface area contributed by atoms with Gasteiger partial charge in [0.1, 0.15) is 11.2 Å². The van der Waals surface area contributed by atoms with Gasteiger partial charge in [0.15, 0.2) is 0 Å². The monoisotopic (exact) mass is 446 g/mol. The first-order chi connectivity index (χ1) is 16.3. The van der Waals surface area contributed by atoms with Crippen LogP contribution < -0.4 is 5.46 Å². The van der Waals surface area contributed by atoms with Gasteiger partial charge in [-0.1, -0.05) is 72.8 Å². The molecule has 0 unspecified atom stereocenters. The normalized spacial score (nSPS) is 17.0. The van der Waals surface area contributed by atoms with Crippen molar-refractivity contribution in [2.24, 2.45) is 0 Å². The summed E-state index contributed by atoms with van der Waals surface area (Å²) in [5, 5.41) is 2.29. The highest BCUT2D eigenvalue weighted by molar-refractivity contribution is 6.62. The molecule has 34 heavy (non-hydrogen) atoms. The molecule has 1 fully saturated rings. The fourth-order valence-corrected chi connectivity index (χ4v) is 4.73. The summed E-state index contributed by atoms with van der Waals surface area (Å²) in [6, 6.07) is 31.7. The minimum Gasteiger partial charge on any atom is -0.456 e. The van der Waals surface area contributed by atoms with E-state index in [1.165, 1.54) is 5.56 Å². The highest BCUT2D eigenvalue weighted by Gasteiger charge is 2.51. The minimum atomic E-state index is -0.376. The molecule has 0 aliphatic carbocycles. The van der Waals surface area contributed by atoms with Gasteiger partial charge in [0.2, 0.25) is 0 Å². The predicted molar refractivity (Wildman–Crippen MR) is 140 cm³/mol. The Morgan fingerprint density at radius 2 is 1.21 bits per heavy atom. The molecule has 0 radical (unpaired) electrons. The molecule has 1 saturated heterocycles. The summed E-state index contributed by atoms with van der Waals surface area (Å²) >= 11 is 0. The second-order valence-corrected chi connectivity index (χ2v) is 10.1. The lowest BCUT2D eigenvalue weighted by Crippen LogP contribution is -2.41. The van der Waals surface area contributed by atoms with Gasteiger partial charge in [0.05, 0.1) is 11.2 Å². The molecule has 1 aliphatic heterocycles. The van der Waals surface area contributed by atoms with E-state index in [0.717, 1.165) is 44.1 Å². The first-order valence-electron chi connectivity index (χ1n) is 11.8. The van der Waals surface area contributed by atoms with E-state index in [1.54, 1.807) is 0 Å². The largest absolute Gasteiger partial charge is 0.494 e. The number of hydrogen-bond acceptors (Lipinski definition) is 3. The third kappa shape index (κ3) is 3.37. The molecule has 5 aromatic rings. The quantitative estimate of drug-likeness (QED) is 0.274. The molecule has 168 valence electrons. The van der Waals surface area contributed by atoms with Crippen molar-refractivity contribution in [2.45, 2.75) is 38.9 Å². The number of hydrogen-bond donors (Lipinski definition) is 0. The van der Waals surface area contributed by atoms with Crippen molar-refractivity contribution in [1.82, 2.24) is 0 Å². The zero-order chi connectivity index (χ0) is 23.5. The minimum absolute atomic E-state index is 0.361. The van der Waals surface area contributed by atoms with Crippen molar-refractivity contribution < 1.29 is 13.7 Å². The Labute approximate surface area is 200 Å². The molecule has 0 atom stereocenters. The van der Waals surface area contributed by atoms with Crippen molar-refractivity contribution >= 4 is 34.5 Å². The standard InChI is InChI=1S/C30H27BO3/c1-29(2)30(3,4)34-31(33-29)23-13-8-11-21(19-23)20-10-7-12-22(18-20)24-15-9-17-27-28(24)25-14-5-6-16-26(25)32-27/h5-19H,1-4H3. The summed E-state index contributed by atoms with van der Waals surface area (Å²) in [5.74, 6) is 0. The fraction of sp³-hybridized carbons (Fsp3) is 0.200. The van der Waals surface area contributed by atoms with E-state index in [9.17, 15) is 0 Å². The smallest absolute Gasteiger partial charge is 0.456 e. The van der Waals surface area contributed by atoms with Gasteiger partial charge < -0.3 is 13.7 Å². The molecule has 3 nitrogen and oxygen atoms in total. The molecule has 0 amide bonds. The van der Waals surface area contributed by atoms with Crippen LogP contribution in [0.2, 0.25) is 0 Å². The lowest BCUT2D eigenvalue weighted by molar-refractivity contribution is 0.00578. The van der Waals surface area contributed by atoms with Crippen molar-refractivity contribution in [3.63, 3.8) is 0 Å². The molecule has 4 aromatic carbocycles. The molecule has 2 heterocycles. The maximum atomic E-state index is 6.28. The van der Waals surface area contributed by atoms with Crippen LogP contribution >= 0.6 is 0 Å². The van der Waals surface area contributed by atoms with Gasteiger partial charge in [-0.2, -0.15) is 0 Å². The van der Waals surface area contributed by atoms with Crippen LogP contribution in [-0.4, -0.2) is 18.3 Å². The van der Waals surface area contributed by atoms with Gasteiger partial charge in [-0.15, -0.1) is 0 Å². The highest BCUT2D eigenvalue weighted by Crippen LogP contribution is 2.38. The number of fused-ring (bicyclic) bond motifs is 3. The van der Waals surface area contributed by atoms with E-state index in [2.05, 4.69) is 100 Å². The molecule has 6 rings (SSSR count). The Morgan fingerprint density at radius 1 is 0.588 bits per heavy atom. The van der Waals surface area contributed by atoms with Crippen LogP contribution in [0.4, 0.5) is 0 Å². The summed E-state index contributed by atoms with van der Waals surface area (Å²) in [4.78, 5) is 0. The predicted octanol–water partition coefficient (Wildman–Crippen LogP) is 7.22. The molecule has 1 aliphatic rings. The van der Waals surface area contributed by atoms with Gasteiger partial charge in [0.25, 0.3) is 0 Å². The average Bonchev–Trinajstić information content (AvgIpc) is 3.32. The van der Waals surface area contributed by atoms with Crippen LogP contribution in [0, 0.1) is 0 Å². The van der Waals surface area contributed by atoms with Crippen molar-refractivity contribution in [1.29, 1.82) is 0 Å². The van der Waals surface area contributed by atoms with Crippen molar-refractivity contribution in [3.8, 4) is 22.3 Å². The van der Waals surface area contributed by atoms with Gasteiger partial charge >= 0.3 is 7.12 Å². The van der Waals surface area contributed by atoms with Crippen molar-refractivity contribution in [3.05, 3.63) is 91.0 Å². The second kappa shape index (κ2) is 7.59. The van der Waals surface area contributed by atoms with Crippen LogP contribution in [0.25, 0.3) is 44.2 Å². The first-order valence-corrected chi connectivity index (χ1v) is 11.8. The highest BCUT2D eigenvalue weighted by atomic mass is 16.7. The van der Waals surface area contributed by atoms with Gasteiger partial charge in [-0.25, -0.2) is 0 Å². The van der Waals surface area contributed by atoms with E-state index in [-0.39, 0.29) is 18.3 Å². The third-order valence-electron chi connectivity index (χ3n) is 7.32. The fourth-order valence-electron chi connectivity index (χ4n) is 4.73. The third-order valence-corrected chi connectivity index (χ3v) is 7.32. The summed E-state index contributed by atoms with van der Waals surface area (Å²) in [6.45, 7) is 8.34. The Bertz CT molecular complexity index is 1510. The summed E-state index contributed by atoms with van der Waals surface area (Å²) < 4.78 is 18.7. The topological polar surface area (TPSA) is 31.6 Å². The molecule has 0 bridgehead atoms. The van der Waals surface area contributed by atoms with Crippen LogP contribution in [0.15, 0.2) is 95.4 Å². The Kier molecular flexibility index (Phi) is 4.74. The van der Waals surface area contributed by atoms with Crippen LogP contribution in [0.1, 0.15) is 27.7 Å². The summed E-state index contributed by atoms with van der Waals surface area (Å²) in [6.07, 6.45) is 0. The zero-order valence-corrected chi connectivity index (χ0v) is 20.0. The number of benzene rings is 4. The molecule has 4 heteroatoms. The van der Waals surface area contributed by atoms with Crippen molar-refractivity contribution in [2.75, 3.05) is 0 Å². The number of para-hydroxylation sites is 1. The summed E-state index contributed by atoms with van der Waals surface area (Å²) in [5.41, 5.74) is 6.76. The number of furan rings is 1. The molecular weight excluding hydrogens is 419 g/mol. The maximum Gasteiger partial charge on any atom is 0.494 e. The summed E-state index contributed by atoms with van der Waals surface area (Å²) in [7, 11) is -0.376. The molecule has 1 aromatic heterocycles. The first kappa shape index (κ1) is 21.2. The lowest BCUT2D eigenvalue weighted by atomic mass is 9.78. The van der Waals surface area contributed by atoms with E-state index in [4.69, 9.17) is 13.7 Å². The molecular formula is C30H27BO3. The second-order valence-electron chi connectivity index (χ2n) is 10.1. The zero-order valence-electron chi connectivity index (χ0n) is 20.0. The Balaban J connectivity index is 1.41. The number of rotatable bonds is 3.